The number of hydrogen-bond donors (Lipinski definition) is 0. The Morgan fingerprint density at radius 3 is 2.33 bits per heavy atom. The van der Waals surface area contributed by atoms with Crippen LogP contribution in [0.3, 0.4) is 0 Å². The zero-order chi connectivity index (χ0) is 26.6. The number of sulfonamides is 1. The van der Waals surface area contributed by atoms with Crippen molar-refractivity contribution in [2.75, 3.05) is 27.0 Å². The summed E-state index contributed by atoms with van der Waals surface area (Å²) in [6.07, 6.45) is -1.86. The molecule has 1 aliphatic rings. The number of hydrogen-bond acceptors (Lipinski definition) is 6. The van der Waals surface area contributed by atoms with Crippen LogP contribution in [0.15, 0.2) is 48.5 Å². The first-order valence-electron chi connectivity index (χ1n) is 11.4. The molecule has 0 aliphatic carbocycles. The van der Waals surface area contributed by atoms with E-state index in [1.54, 1.807) is 47.4 Å². The summed E-state index contributed by atoms with van der Waals surface area (Å²) in [5, 5.41) is 0.986. The quantitative estimate of drug-likeness (QED) is 0.429. The predicted octanol–water partition coefficient (Wildman–Crippen LogP) is 4.24. The maximum atomic E-state index is 13.9. The van der Waals surface area contributed by atoms with Gasteiger partial charge in [0.1, 0.15) is 12.2 Å². The molecule has 11 heteroatoms. The van der Waals surface area contributed by atoms with Crippen molar-refractivity contribution < 1.29 is 27.5 Å². The van der Waals surface area contributed by atoms with Crippen LogP contribution in [0.4, 0.5) is 0 Å². The zero-order valence-electron chi connectivity index (χ0n) is 20.6. The fourth-order valence-corrected chi connectivity index (χ4v) is 5.77. The van der Waals surface area contributed by atoms with Gasteiger partial charge >= 0.3 is 5.97 Å². The molecule has 4 atom stereocenters. The number of rotatable bonds is 9. The number of methoxy groups -OCH3 is 1. The summed E-state index contributed by atoms with van der Waals surface area (Å²) in [5.74, 6) is -1.39. The summed E-state index contributed by atoms with van der Waals surface area (Å²) >= 11 is 12.4. The van der Waals surface area contributed by atoms with Gasteiger partial charge in [0.25, 0.3) is 5.91 Å². The van der Waals surface area contributed by atoms with Crippen LogP contribution < -0.4 is 0 Å². The Hall–Kier alpha value is -2.17. The van der Waals surface area contributed by atoms with E-state index >= 15 is 0 Å². The van der Waals surface area contributed by atoms with Gasteiger partial charge in [0.05, 0.1) is 25.3 Å². The van der Waals surface area contributed by atoms with Gasteiger partial charge in [-0.2, -0.15) is 0 Å². The third-order valence-corrected chi connectivity index (χ3v) is 8.63. The molecule has 196 valence electrons. The summed E-state index contributed by atoms with van der Waals surface area (Å²) < 4.78 is 38.0. The lowest BCUT2D eigenvalue weighted by Gasteiger charge is -2.48. The molecule has 8 nitrogen and oxygen atoms in total. The minimum Gasteiger partial charge on any atom is -0.469 e. The SMILES string of the molecule is CCC(CS(=O)(=O)N(C)C)N1C(=O)[C@@H](CC(=O)OC)O[C@H](c2cccc(Cl)c2)[C@H]1c1ccc(Cl)cc1. The highest BCUT2D eigenvalue weighted by Crippen LogP contribution is 2.44. The highest BCUT2D eigenvalue weighted by molar-refractivity contribution is 7.89. The average Bonchev–Trinajstić information content (AvgIpc) is 2.84. The lowest BCUT2D eigenvalue weighted by atomic mass is 9.89. The predicted molar refractivity (Wildman–Crippen MR) is 138 cm³/mol. The molecule has 2 aromatic carbocycles. The van der Waals surface area contributed by atoms with Crippen molar-refractivity contribution in [2.45, 2.75) is 44.1 Å². The van der Waals surface area contributed by atoms with Crippen molar-refractivity contribution in [3.63, 3.8) is 0 Å². The molecule has 2 aromatic rings. The number of ether oxygens (including phenoxy) is 2. The Bertz CT molecular complexity index is 1190. The molecule has 1 saturated heterocycles. The lowest BCUT2D eigenvalue weighted by molar-refractivity contribution is -0.183. The van der Waals surface area contributed by atoms with Gasteiger partial charge in [-0.15, -0.1) is 0 Å². The van der Waals surface area contributed by atoms with E-state index < -0.39 is 46.2 Å². The Labute approximate surface area is 222 Å². The van der Waals surface area contributed by atoms with Crippen LogP contribution in [0, 0.1) is 0 Å². The molecule has 1 aliphatic heterocycles. The first kappa shape index (κ1) is 28.4. The molecule has 1 heterocycles. The fraction of sp³-hybridized carbons (Fsp3) is 0.440. The van der Waals surface area contributed by atoms with Gasteiger partial charge in [0, 0.05) is 30.2 Å². The van der Waals surface area contributed by atoms with Gasteiger partial charge in [-0.25, -0.2) is 12.7 Å². The van der Waals surface area contributed by atoms with Gasteiger partial charge in [-0.1, -0.05) is 54.4 Å². The summed E-state index contributed by atoms with van der Waals surface area (Å²) in [7, 11) is 0.475. The van der Waals surface area contributed by atoms with Crippen molar-refractivity contribution in [3.05, 3.63) is 69.7 Å². The molecular formula is C25H30Cl2N2O6S. The molecule has 36 heavy (non-hydrogen) atoms. The zero-order valence-corrected chi connectivity index (χ0v) is 22.9. The molecule has 0 N–H and O–H groups in total. The molecule has 0 saturated carbocycles. The van der Waals surface area contributed by atoms with E-state index in [2.05, 4.69) is 0 Å². The highest BCUT2D eigenvalue weighted by atomic mass is 35.5. The fourth-order valence-electron chi connectivity index (χ4n) is 4.26. The minimum atomic E-state index is -3.66. The monoisotopic (exact) mass is 556 g/mol. The van der Waals surface area contributed by atoms with Crippen LogP contribution in [-0.4, -0.2) is 68.6 Å². The molecule has 0 aromatic heterocycles. The molecular weight excluding hydrogens is 527 g/mol. The number of nitrogens with zero attached hydrogens (tertiary/aromatic N) is 2. The minimum absolute atomic E-state index is 0.292. The number of benzene rings is 2. The van der Waals surface area contributed by atoms with Gasteiger partial charge in [0.2, 0.25) is 10.0 Å². The smallest absolute Gasteiger partial charge is 0.308 e. The van der Waals surface area contributed by atoms with Crippen molar-refractivity contribution in [1.29, 1.82) is 0 Å². The second-order valence-electron chi connectivity index (χ2n) is 8.75. The van der Waals surface area contributed by atoms with Crippen molar-refractivity contribution in [1.82, 2.24) is 9.21 Å². The molecule has 3 rings (SSSR count). The summed E-state index contributed by atoms with van der Waals surface area (Å²) in [6, 6.07) is 12.6. The summed E-state index contributed by atoms with van der Waals surface area (Å²) in [4.78, 5) is 27.6. The van der Waals surface area contributed by atoms with Crippen LogP contribution in [0.25, 0.3) is 0 Å². The lowest BCUT2D eigenvalue weighted by Crippen LogP contribution is -2.57. The number of esters is 1. The molecule has 1 fully saturated rings. The normalized spacial score (nSPS) is 21.5. The molecule has 1 unspecified atom stereocenters. The number of morpholine rings is 1. The van der Waals surface area contributed by atoms with Crippen molar-refractivity contribution in [3.8, 4) is 0 Å². The van der Waals surface area contributed by atoms with Crippen LogP contribution in [0.1, 0.15) is 43.0 Å². The van der Waals surface area contributed by atoms with E-state index in [0.717, 1.165) is 4.31 Å². The molecule has 0 radical (unpaired) electrons. The van der Waals surface area contributed by atoms with E-state index in [4.69, 9.17) is 32.7 Å². The van der Waals surface area contributed by atoms with E-state index in [0.29, 0.717) is 27.6 Å². The second kappa shape index (κ2) is 11.9. The van der Waals surface area contributed by atoms with Crippen LogP contribution in [0.2, 0.25) is 10.0 Å². The molecule has 1 amide bonds. The Morgan fingerprint density at radius 2 is 1.78 bits per heavy atom. The highest BCUT2D eigenvalue weighted by Gasteiger charge is 2.48. The topological polar surface area (TPSA) is 93.2 Å². The van der Waals surface area contributed by atoms with Gasteiger partial charge < -0.3 is 14.4 Å². The Morgan fingerprint density at radius 1 is 1.11 bits per heavy atom. The van der Waals surface area contributed by atoms with Gasteiger partial charge in [-0.05, 0) is 41.8 Å². The first-order valence-corrected chi connectivity index (χ1v) is 13.8. The first-order chi connectivity index (χ1) is 17.0. The van der Waals surface area contributed by atoms with Crippen LogP contribution in [0.5, 0.6) is 0 Å². The van der Waals surface area contributed by atoms with Crippen LogP contribution in [-0.2, 0) is 29.1 Å². The summed E-state index contributed by atoms with van der Waals surface area (Å²) in [6.45, 7) is 1.82. The van der Waals surface area contributed by atoms with Gasteiger partial charge in [0.15, 0.2) is 0 Å². The number of amides is 1. The van der Waals surface area contributed by atoms with Crippen molar-refractivity contribution in [2.24, 2.45) is 0 Å². The van der Waals surface area contributed by atoms with Crippen LogP contribution >= 0.6 is 23.2 Å². The third kappa shape index (κ3) is 6.39. The van der Waals surface area contributed by atoms with E-state index in [-0.39, 0.29) is 12.2 Å². The second-order valence-corrected chi connectivity index (χ2v) is 11.8. The van der Waals surface area contributed by atoms with Gasteiger partial charge in [-0.3, -0.25) is 9.59 Å². The maximum Gasteiger partial charge on any atom is 0.308 e. The standard InChI is InChI=1S/C25H30Cl2N2O6S/c1-5-20(15-36(32,33)28(2)3)29-23(16-9-11-18(26)12-10-16)24(17-7-6-8-19(27)13-17)35-21(25(29)31)14-22(30)34-4/h6-13,20-21,23-24H,5,14-15H2,1-4H3/t20?,21-,23-,24-/m1/s1. The molecule has 0 bridgehead atoms. The summed E-state index contributed by atoms with van der Waals surface area (Å²) in [5.41, 5.74) is 1.38. The average molecular weight is 557 g/mol. The van der Waals surface area contributed by atoms with E-state index in [1.165, 1.54) is 21.2 Å². The maximum absolute atomic E-state index is 13.9. The Kier molecular flexibility index (Phi) is 9.40. The third-order valence-electron chi connectivity index (χ3n) is 6.22. The van der Waals surface area contributed by atoms with Crippen molar-refractivity contribution >= 4 is 45.1 Å². The number of carbonyl (C=O) groups is 2. The largest absolute Gasteiger partial charge is 0.469 e. The van der Waals surface area contributed by atoms with E-state index in [1.807, 2.05) is 13.0 Å². The Balaban J connectivity index is 2.20. The number of halogens is 2. The molecule has 0 spiro atoms. The number of carbonyl (C=O) groups excluding carboxylic acids is 2. The van der Waals surface area contributed by atoms with E-state index in [9.17, 15) is 18.0 Å².